The van der Waals surface area contributed by atoms with Crippen LogP contribution in [-0.4, -0.2) is 11.9 Å². The van der Waals surface area contributed by atoms with Gasteiger partial charge in [-0.25, -0.2) is 5.01 Å². The molecule has 2 aromatic carbocycles. The summed E-state index contributed by atoms with van der Waals surface area (Å²) in [5.41, 5.74) is 0.209. The smallest absolute Gasteiger partial charge is 0.241 e. The highest BCUT2D eigenvalue weighted by atomic mass is 35.5. The molecule has 0 saturated heterocycles. The molecule has 2 aromatic rings. The van der Waals surface area contributed by atoms with Crippen molar-refractivity contribution in [2.24, 2.45) is 5.10 Å². The standard InChI is InChI=1S/C17H12ClF3N2/c18-13-8-6-12(7-9-13)15-10-11-23(14-4-2-1-3-5-14)22-16(15)17(19,20)21/h1-11,15H. The molecule has 0 amide bonds. The molecule has 1 aliphatic rings. The van der Waals surface area contributed by atoms with Crippen LogP contribution in [0.3, 0.4) is 0 Å². The number of para-hydroxylation sites is 1. The van der Waals surface area contributed by atoms with E-state index in [1.165, 1.54) is 11.1 Å². The molecular weight excluding hydrogens is 325 g/mol. The first-order chi connectivity index (χ1) is 10.9. The van der Waals surface area contributed by atoms with Gasteiger partial charge in [0.25, 0.3) is 0 Å². The zero-order chi connectivity index (χ0) is 16.4. The van der Waals surface area contributed by atoms with Crippen molar-refractivity contribution >= 4 is 23.0 Å². The number of alkyl halides is 3. The number of allylic oxidation sites excluding steroid dienone is 1. The van der Waals surface area contributed by atoms with Gasteiger partial charge in [0.2, 0.25) is 0 Å². The van der Waals surface area contributed by atoms with E-state index in [4.69, 9.17) is 11.6 Å². The number of nitrogens with zero attached hydrogens (tertiary/aromatic N) is 2. The third-order valence-corrected chi connectivity index (χ3v) is 3.72. The first-order valence-corrected chi connectivity index (χ1v) is 7.27. The fourth-order valence-electron chi connectivity index (χ4n) is 2.37. The molecule has 1 unspecified atom stereocenters. The van der Waals surface area contributed by atoms with Gasteiger partial charge in [-0.3, -0.25) is 0 Å². The molecule has 0 aromatic heterocycles. The Kier molecular flexibility index (Phi) is 4.13. The topological polar surface area (TPSA) is 15.6 Å². The summed E-state index contributed by atoms with van der Waals surface area (Å²) in [5, 5.41) is 5.52. The van der Waals surface area contributed by atoms with Crippen molar-refractivity contribution in [3.63, 3.8) is 0 Å². The number of rotatable bonds is 2. The molecule has 0 fully saturated rings. The molecule has 6 heteroatoms. The van der Waals surface area contributed by atoms with Gasteiger partial charge in [-0.15, -0.1) is 0 Å². The predicted octanol–water partition coefficient (Wildman–Crippen LogP) is 5.38. The fraction of sp³-hybridized carbons (Fsp3) is 0.118. The van der Waals surface area contributed by atoms with E-state index in [9.17, 15) is 13.2 Å². The largest absolute Gasteiger partial charge is 0.432 e. The zero-order valence-electron chi connectivity index (χ0n) is 11.8. The lowest BCUT2D eigenvalue weighted by molar-refractivity contribution is -0.0611. The van der Waals surface area contributed by atoms with E-state index in [2.05, 4.69) is 5.10 Å². The van der Waals surface area contributed by atoms with Crippen molar-refractivity contribution in [3.05, 3.63) is 77.5 Å². The van der Waals surface area contributed by atoms with Crippen molar-refractivity contribution in [2.45, 2.75) is 12.1 Å². The summed E-state index contributed by atoms with van der Waals surface area (Å²) in [4.78, 5) is 0. The third-order valence-electron chi connectivity index (χ3n) is 3.47. The number of hydrogen-bond acceptors (Lipinski definition) is 2. The van der Waals surface area contributed by atoms with Crippen LogP contribution in [0.2, 0.25) is 5.02 Å². The second kappa shape index (κ2) is 6.08. The highest BCUT2D eigenvalue weighted by Crippen LogP contribution is 2.34. The van der Waals surface area contributed by atoms with E-state index < -0.39 is 17.8 Å². The Balaban J connectivity index is 2.00. The van der Waals surface area contributed by atoms with E-state index in [1.807, 2.05) is 0 Å². The van der Waals surface area contributed by atoms with Crippen molar-refractivity contribution in [1.82, 2.24) is 0 Å². The molecule has 0 spiro atoms. The number of halogens is 4. The van der Waals surface area contributed by atoms with Gasteiger partial charge >= 0.3 is 6.18 Å². The van der Waals surface area contributed by atoms with Gasteiger partial charge in [-0.2, -0.15) is 18.3 Å². The fourth-order valence-corrected chi connectivity index (χ4v) is 2.49. The first kappa shape index (κ1) is 15.6. The van der Waals surface area contributed by atoms with Crippen LogP contribution in [0.1, 0.15) is 11.5 Å². The highest BCUT2D eigenvalue weighted by molar-refractivity contribution is 6.30. The molecule has 1 atom stereocenters. The Hall–Kier alpha value is -2.27. The Bertz CT molecular complexity index is 737. The molecule has 0 bridgehead atoms. The van der Waals surface area contributed by atoms with Crippen LogP contribution in [-0.2, 0) is 0 Å². The molecule has 0 aliphatic carbocycles. The maximum Gasteiger partial charge on any atom is 0.432 e. The minimum Gasteiger partial charge on any atom is -0.241 e. The minimum absolute atomic E-state index is 0.477. The van der Waals surface area contributed by atoms with E-state index >= 15 is 0 Å². The summed E-state index contributed by atoms with van der Waals surface area (Å²) < 4.78 is 40.3. The van der Waals surface area contributed by atoms with Crippen LogP contribution in [0.5, 0.6) is 0 Å². The number of benzene rings is 2. The minimum atomic E-state index is -4.53. The van der Waals surface area contributed by atoms with Gasteiger partial charge < -0.3 is 0 Å². The van der Waals surface area contributed by atoms with Crippen molar-refractivity contribution in [2.75, 3.05) is 5.01 Å². The summed E-state index contributed by atoms with van der Waals surface area (Å²) in [6.45, 7) is 0. The van der Waals surface area contributed by atoms with Crippen molar-refractivity contribution < 1.29 is 13.2 Å². The van der Waals surface area contributed by atoms with E-state index in [1.54, 1.807) is 60.8 Å². The van der Waals surface area contributed by atoms with Crippen LogP contribution in [0.25, 0.3) is 0 Å². The van der Waals surface area contributed by atoms with Gasteiger partial charge in [-0.05, 0) is 29.8 Å². The highest BCUT2D eigenvalue weighted by Gasteiger charge is 2.42. The SMILES string of the molecule is FC(F)(F)C1=NN(c2ccccc2)C=CC1c1ccc(Cl)cc1. The Labute approximate surface area is 136 Å². The third kappa shape index (κ3) is 3.40. The number of hydrogen-bond donors (Lipinski definition) is 0. The second-order valence-electron chi connectivity index (χ2n) is 5.03. The summed E-state index contributed by atoms with van der Waals surface area (Å²) in [5.74, 6) is -0.952. The van der Waals surface area contributed by atoms with Crippen LogP contribution >= 0.6 is 11.6 Å². The van der Waals surface area contributed by atoms with Gasteiger partial charge in [0.15, 0.2) is 5.71 Å². The molecular formula is C17H12ClF3N2. The maximum atomic E-state index is 13.4. The summed E-state index contributed by atoms with van der Waals surface area (Å²) in [7, 11) is 0. The number of anilines is 1. The van der Waals surface area contributed by atoms with E-state index in [-0.39, 0.29) is 0 Å². The molecule has 118 valence electrons. The lowest BCUT2D eigenvalue weighted by Gasteiger charge is -2.27. The zero-order valence-corrected chi connectivity index (χ0v) is 12.6. The molecule has 3 rings (SSSR count). The van der Waals surface area contributed by atoms with Gasteiger partial charge in [0.05, 0.1) is 11.6 Å². The average molecular weight is 337 g/mol. The van der Waals surface area contributed by atoms with Crippen LogP contribution in [0, 0.1) is 0 Å². The Morgan fingerprint density at radius 2 is 1.61 bits per heavy atom. The Morgan fingerprint density at radius 1 is 0.957 bits per heavy atom. The molecule has 23 heavy (non-hydrogen) atoms. The van der Waals surface area contributed by atoms with E-state index in [0.29, 0.717) is 16.3 Å². The van der Waals surface area contributed by atoms with Crippen molar-refractivity contribution in [3.8, 4) is 0 Å². The van der Waals surface area contributed by atoms with Crippen LogP contribution in [0.15, 0.2) is 72.0 Å². The average Bonchev–Trinajstić information content (AvgIpc) is 2.55. The molecule has 0 N–H and O–H groups in total. The second-order valence-corrected chi connectivity index (χ2v) is 5.47. The lowest BCUT2D eigenvalue weighted by Crippen LogP contribution is -2.34. The summed E-state index contributed by atoms with van der Waals surface area (Å²) >= 11 is 5.80. The monoisotopic (exact) mass is 336 g/mol. The first-order valence-electron chi connectivity index (χ1n) is 6.89. The van der Waals surface area contributed by atoms with Gasteiger partial charge in [0.1, 0.15) is 0 Å². The molecule has 0 saturated carbocycles. The summed E-state index contributed by atoms with van der Waals surface area (Å²) in [6, 6.07) is 15.0. The van der Waals surface area contributed by atoms with Crippen LogP contribution < -0.4 is 5.01 Å². The normalized spacial score (nSPS) is 18.0. The maximum absolute atomic E-state index is 13.4. The summed E-state index contributed by atoms with van der Waals surface area (Å²) in [6.07, 6.45) is -1.49. The molecule has 1 aliphatic heterocycles. The molecule has 0 radical (unpaired) electrons. The molecule has 1 heterocycles. The lowest BCUT2D eigenvalue weighted by atomic mass is 9.93. The van der Waals surface area contributed by atoms with E-state index in [0.717, 1.165) is 0 Å². The molecule has 2 nitrogen and oxygen atoms in total. The predicted molar refractivity (Wildman–Crippen MR) is 85.7 cm³/mol. The van der Waals surface area contributed by atoms with Gasteiger partial charge in [-0.1, -0.05) is 48.0 Å². The Morgan fingerprint density at radius 3 is 2.22 bits per heavy atom. The number of hydrazone groups is 1. The van der Waals surface area contributed by atoms with Crippen molar-refractivity contribution in [1.29, 1.82) is 0 Å². The van der Waals surface area contributed by atoms with Crippen LogP contribution in [0.4, 0.5) is 18.9 Å². The van der Waals surface area contributed by atoms with Gasteiger partial charge in [0, 0.05) is 11.2 Å². The quantitative estimate of drug-likeness (QED) is 0.719.